The van der Waals surface area contributed by atoms with Crippen LogP contribution in [0.4, 0.5) is 0 Å². The third kappa shape index (κ3) is 2.83. The second-order valence-electron chi connectivity index (χ2n) is 5.43. The van der Waals surface area contributed by atoms with Crippen molar-refractivity contribution >= 4 is 17.2 Å². The molecule has 1 amide bonds. The molecule has 5 heteroatoms. The van der Waals surface area contributed by atoms with E-state index in [1.165, 1.54) is 5.56 Å². The Hall–Kier alpha value is -0.910. The number of carbonyl (C=O) groups is 1. The minimum atomic E-state index is -0.235. The number of hydrogen-bond acceptors (Lipinski definition) is 4. The van der Waals surface area contributed by atoms with Gasteiger partial charge in [0.15, 0.2) is 0 Å². The number of nitrogens with one attached hydrogen (secondary N) is 1. The molecule has 19 heavy (non-hydrogen) atoms. The molecule has 0 bridgehead atoms. The van der Waals surface area contributed by atoms with Crippen LogP contribution in [0.2, 0.25) is 0 Å². The topological polar surface area (TPSA) is 41.6 Å². The van der Waals surface area contributed by atoms with E-state index in [1.54, 1.807) is 18.4 Å². The first kappa shape index (κ1) is 13.1. The molecule has 2 saturated heterocycles. The Morgan fingerprint density at radius 2 is 2.53 bits per heavy atom. The number of nitrogens with zero attached hydrogens (tertiary/aromatic N) is 1. The lowest BCUT2D eigenvalue weighted by Gasteiger charge is -2.33. The van der Waals surface area contributed by atoms with Gasteiger partial charge in [-0.2, -0.15) is 11.3 Å². The van der Waals surface area contributed by atoms with Gasteiger partial charge in [0.05, 0.1) is 6.10 Å². The fraction of sp³-hybridized carbons (Fsp3) is 0.643. The van der Waals surface area contributed by atoms with Gasteiger partial charge < -0.3 is 10.1 Å². The quantitative estimate of drug-likeness (QED) is 0.912. The summed E-state index contributed by atoms with van der Waals surface area (Å²) in [6.07, 6.45) is 2.02. The molecule has 0 spiro atoms. The van der Waals surface area contributed by atoms with E-state index in [0.717, 1.165) is 32.5 Å². The van der Waals surface area contributed by atoms with Crippen molar-refractivity contribution in [3.8, 4) is 0 Å². The zero-order valence-electron chi connectivity index (χ0n) is 11.2. The summed E-state index contributed by atoms with van der Waals surface area (Å²) in [5.74, 6) is 0.583. The molecule has 104 valence electrons. The summed E-state index contributed by atoms with van der Waals surface area (Å²) in [6.45, 7) is 3.07. The Bertz CT molecular complexity index is 435. The van der Waals surface area contributed by atoms with Gasteiger partial charge in [-0.15, -0.1) is 0 Å². The van der Waals surface area contributed by atoms with Crippen molar-refractivity contribution in [3.05, 3.63) is 22.4 Å². The van der Waals surface area contributed by atoms with E-state index in [2.05, 4.69) is 27.0 Å². The van der Waals surface area contributed by atoms with Gasteiger partial charge in [-0.05, 0) is 47.7 Å². The number of hydrogen-bond donors (Lipinski definition) is 1. The van der Waals surface area contributed by atoms with E-state index in [0.29, 0.717) is 5.92 Å². The first-order valence-electron chi connectivity index (χ1n) is 6.86. The number of rotatable bonds is 3. The molecule has 2 aliphatic heterocycles. The summed E-state index contributed by atoms with van der Waals surface area (Å²) in [5, 5.41) is 7.01. The summed E-state index contributed by atoms with van der Waals surface area (Å²) >= 11 is 1.74. The molecule has 1 aromatic heterocycles. The summed E-state index contributed by atoms with van der Waals surface area (Å²) < 4.78 is 5.92. The molecule has 0 aromatic carbocycles. The molecule has 3 rings (SSSR count). The lowest BCUT2D eigenvalue weighted by atomic mass is 9.91. The highest BCUT2D eigenvalue weighted by molar-refractivity contribution is 7.07. The van der Waals surface area contributed by atoms with Gasteiger partial charge in [-0.3, -0.25) is 9.69 Å². The molecular formula is C14H20N2O2S. The lowest BCUT2D eigenvalue weighted by Crippen LogP contribution is -2.42. The van der Waals surface area contributed by atoms with Crippen molar-refractivity contribution < 1.29 is 9.53 Å². The number of likely N-dealkylation sites (tertiary alicyclic amines) is 1. The zero-order valence-corrected chi connectivity index (χ0v) is 12.0. The van der Waals surface area contributed by atoms with E-state index < -0.39 is 0 Å². The molecular weight excluding hydrogens is 260 g/mol. The number of thiophene rings is 1. The van der Waals surface area contributed by atoms with Crippen LogP contribution < -0.4 is 5.32 Å². The highest BCUT2D eigenvalue weighted by Crippen LogP contribution is 2.33. The first-order chi connectivity index (χ1) is 9.26. The molecule has 1 N–H and O–H groups in total. The van der Waals surface area contributed by atoms with Crippen molar-refractivity contribution in [2.75, 3.05) is 20.1 Å². The molecule has 1 aromatic rings. The maximum Gasteiger partial charge on any atom is 0.248 e. The fourth-order valence-electron chi connectivity index (χ4n) is 3.11. The second kappa shape index (κ2) is 5.61. The molecule has 2 aliphatic rings. The van der Waals surface area contributed by atoms with E-state index in [-0.39, 0.29) is 18.1 Å². The third-order valence-corrected chi connectivity index (χ3v) is 4.89. The average molecular weight is 280 g/mol. The average Bonchev–Trinajstić information content (AvgIpc) is 3.06. The summed E-state index contributed by atoms with van der Waals surface area (Å²) in [5.41, 5.74) is 1.38. The molecule has 0 unspecified atom stereocenters. The van der Waals surface area contributed by atoms with Gasteiger partial charge in [-0.1, -0.05) is 0 Å². The van der Waals surface area contributed by atoms with Crippen molar-refractivity contribution in [2.45, 2.75) is 31.6 Å². The molecule has 0 aliphatic carbocycles. The minimum Gasteiger partial charge on any atom is -0.364 e. The van der Waals surface area contributed by atoms with E-state index in [1.807, 2.05) is 0 Å². The summed E-state index contributed by atoms with van der Waals surface area (Å²) in [6, 6.07) is 2.18. The summed E-state index contributed by atoms with van der Waals surface area (Å²) in [7, 11) is 1.68. The highest BCUT2D eigenvalue weighted by Gasteiger charge is 2.41. The molecule has 0 radical (unpaired) electrons. The van der Waals surface area contributed by atoms with Crippen LogP contribution in [-0.4, -0.2) is 43.2 Å². The molecule has 3 atom stereocenters. The Morgan fingerprint density at radius 3 is 3.26 bits per heavy atom. The Labute approximate surface area is 117 Å². The predicted octanol–water partition coefficient (Wildman–Crippen LogP) is 1.47. The largest absolute Gasteiger partial charge is 0.364 e. The lowest BCUT2D eigenvalue weighted by molar-refractivity contribution is -0.132. The van der Waals surface area contributed by atoms with Crippen molar-refractivity contribution in [1.82, 2.24) is 10.2 Å². The van der Waals surface area contributed by atoms with Crippen LogP contribution in [0.3, 0.4) is 0 Å². The number of piperidine rings is 1. The molecule has 2 fully saturated rings. The van der Waals surface area contributed by atoms with Gasteiger partial charge in [0.25, 0.3) is 0 Å². The van der Waals surface area contributed by atoms with Crippen LogP contribution in [0, 0.1) is 5.92 Å². The van der Waals surface area contributed by atoms with Crippen LogP contribution in [-0.2, 0) is 16.1 Å². The smallest absolute Gasteiger partial charge is 0.248 e. The fourth-order valence-corrected chi connectivity index (χ4v) is 3.77. The van der Waals surface area contributed by atoms with E-state index >= 15 is 0 Å². The van der Waals surface area contributed by atoms with Gasteiger partial charge in [0.2, 0.25) is 5.91 Å². The van der Waals surface area contributed by atoms with Gasteiger partial charge in [-0.25, -0.2) is 0 Å². The maximum absolute atomic E-state index is 11.6. The number of likely N-dealkylation sites (N-methyl/N-ethyl adjacent to an activating group) is 1. The SMILES string of the molecule is CNC(=O)[C@@H]1C[C@@H]2CCN(Cc3ccsc3)C[C@H]2O1. The molecule has 3 heterocycles. The summed E-state index contributed by atoms with van der Waals surface area (Å²) in [4.78, 5) is 14.1. The van der Waals surface area contributed by atoms with Gasteiger partial charge >= 0.3 is 0 Å². The number of fused-ring (bicyclic) bond motifs is 1. The van der Waals surface area contributed by atoms with Crippen molar-refractivity contribution in [1.29, 1.82) is 0 Å². The highest BCUT2D eigenvalue weighted by atomic mass is 32.1. The minimum absolute atomic E-state index is 0.0267. The molecule has 0 saturated carbocycles. The van der Waals surface area contributed by atoms with Crippen molar-refractivity contribution in [3.63, 3.8) is 0 Å². The van der Waals surface area contributed by atoms with E-state index in [4.69, 9.17) is 4.74 Å². The maximum atomic E-state index is 11.6. The third-order valence-electron chi connectivity index (χ3n) is 4.16. The van der Waals surface area contributed by atoms with E-state index in [9.17, 15) is 4.79 Å². The van der Waals surface area contributed by atoms with Crippen LogP contribution in [0.1, 0.15) is 18.4 Å². The van der Waals surface area contributed by atoms with Crippen LogP contribution >= 0.6 is 11.3 Å². The molecule has 4 nitrogen and oxygen atoms in total. The van der Waals surface area contributed by atoms with Crippen molar-refractivity contribution in [2.24, 2.45) is 5.92 Å². The Morgan fingerprint density at radius 1 is 1.63 bits per heavy atom. The number of ether oxygens (including phenoxy) is 1. The monoisotopic (exact) mass is 280 g/mol. The van der Waals surface area contributed by atoms with Crippen LogP contribution in [0.25, 0.3) is 0 Å². The first-order valence-corrected chi connectivity index (χ1v) is 7.81. The Kier molecular flexibility index (Phi) is 3.86. The Balaban J connectivity index is 1.57. The zero-order chi connectivity index (χ0) is 13.2. The van der Waals surface area contributed by atoms with Gasteiger partial charge in [0.1, 0.15) is 6.10 Å². The van der Waals surface area contributed by atoms with Crippen LogP contribution in [0.5, 0.6) is 0 Å². The normalized spacial score (nSPS) is 31.1. The standard InChI is InChI=1S/C14H20N2O2S/c1-15-14(17)12-6-11-2-4-16(8-13(11)18-12)7-10-3-5-19-9-10/h3,5,9,11-13H,2,4,6-8H2,1H3,(H,15,17)/t11-,12-,13+/m0/s1. The number of amides is 1. The second-order valence-corrected chi connectivity index (χ2v) is 6.21. The number of carbonyl (C=O) groups excluding carboxylic acids is 1. The predicted molar refractivity (Wildman–Crippen MR) is 75.0 cm³/mol. The van der Waals surface area contributed by atoms with Crippen LogP contribution in [0.15, 0.2) is 16.8 Å². The van der Waals surface area contributed by atoms with Gasteiger partial charge in [0, 0.05) is 20.1 Å².